The third-order valence-electron chi connectivity index (χ3n) is 4.50. The van der Waals surface area contributed by atoms with E-state index in [0.29, 0.717) is 6.42 Å². The molecule has 3 N–H and O–H groups in total. The summed E-state index contributed by atoms with van der Waals surface area (Å²) in [6.45, 7) is 10.1. The molecule has 1 aromatic carbocycles. The molecule has 1 aromatic rings. The fourth-order valence-corrected chi connectivity index (χ4v) is 3.15. The zero-order valence-corrected chi connectivity index (χ0v) is 13.6. The van der Waals surface area contributed by atoms with Gasteiger partial charge in [-0.05, 0) is 63.0 Å². The normalized spacial score (nSPS) is 22.2. The fourth-order valence-electron chi connectivity index (χ4n) is 3.07. The Morgan fingerprint density at radius 3 is 2.50 bits per heavy atom. The van der Waals surface area contributed by atoms with E-state index in [-0.39, 0.29) is 16.6 Å². The molecular formula is C16H23NO2S. The number of nitrogen functional groups attached to an aromatic ring is 1. The summed E-state index contributed by atoms with van der Waals surface area (Å²) < 4.78 is 6.24. The molecule has 20 heavy (non-hydrogen) atoms. The number of aliphatic hydroxyl groups excluding tert-OH is 1. The predicted octanol–water partition coefficient (Wildman–Crippen LogP) is 3.80. The van der Waals surface area contributed by atoms with Gasteiger partial charge < -0.3 is 15.6 Å². The number of rotatable bonds is 3. The van der Waals surface area contributed by atoms with Gasteiger partial charge in [-0.25, -0.2) is 0 Å². The van der Waals surface area contributed by atoms with E-state index in [2.05, 4.69) is 20.8 Å². The largest absolute Gasteiger partial charge is 0.502 e. The topological polar surface area (TPSA) is 55.5 Å². The van der Waals surface area contributed by atoms with Gasteiger partial charge in [-0.15, -0.1) is 0 Å². The number of benzene rings is 1. The summed E-state index contributed by atoms with van der Waals surface area (Å²) in [5, 5.41) is 9.52. The molecule has 0 aliphatic carbocycles. The van der Waals surface area contributed by atoms with Crippen LogP contribution in [0.3, 0.4) is 0 Å². The highest BCUT2D eigenvalue weighted by Crippen LogP contribution is 2.45. The van der Waals surface area contributed by atoms with Crippen molar-refractivity contribution in [2.75, 3.05) is 5.73 Å². The molecule has 0 bridgehead atoms. The minimum absolute atomic E-state index is 0.0509. The second kappa shape index (κ2) is 4.92. The second-order valence-electron chi connectivity index (χ2n) is 6.27. The van der Waals surface area contributed by atoms with Crippen molar-refractivity contribution in [1.82, 2.24) is 0 Å². The van der Waals surface area contributed by atoms with Gasteiger partial charge >= 0.3 is 0 Å². The fraction of sp³-hybridized carbons (Fsp3) is 0.562. The van der Waals surface area contributed by atoms with Crippen molar-refractivity contribution in [2.24, 2.45) is 5.92 Å². The highest BCUT2D eigenvalue weighted by atomic mass is 32.1. The van der Waals surface area contributed by atoms with Crippen LogP contribution >= 0.6 is 12.2 Å². The first-order valence-corrected chi connectivity index (χ1v) is 7.37. The van der Waals surface area contributed by atoms with Gasteiger partial charge in [0.25, 0.3) is 0 Å². The van der Waals surface area contributed by atoms with Crippen molar-refractivity contribution in [3.05, 3.63) is 22.3 Å². The predicted molar refractivity (Wildman–Crippen MR) is 86.8 cm³/mol. The van der Waals surface area contributed by atoms with E-state index in [0.717, 1.165) is 34.5 Å². The molecule has 0 radical (unpaired) electrons. The van der Waals surface area contributed by atoms with E-state index >= 15 is 0 Å². The van der Waals surface area contributed by atoms with Gasteiger partial charge in [0.15, 0.2) is 5.05 Å². The molecule has 0 saturated carbocycles. The summed E-state index contributed by atoms with van der Waals surface area (Å²) in [6, 6.07) is 0. The van der Waals surface area contributed by atoms with Crippen LogP contribution in [0.15, 0.2) is 0 Å². The van der Waals surface area contributed by atoms with E-state index in [9.17, 15) is 5.11 Å². The van der Waals surface area contributed by atoms with Crippen LogP contribution in [0.5, 0.6) is 5.75 Å². The molecule has 4 heteroatoms. The molecule has 2 rings (SSSR count). The van der Waals surface area contributed by atoms with Crippen molar-refractivity contribution in [2.45, 2.75) is 53.1 Å². The molecule has 0 aromatic heterocycles. The van der Waals surface area contributed by atoms with Crippen LogP contribution in [0, 0.1) is 26.7 Å². The van der Waals surface area contributed by atoms with Crippen LogP contribution in [0.2, 0.25) is 0 Å². The van der Waals surface area contributed by atoms with Crippen molar-refractivity contribution in [3.8, 4) is 5.75 Å². The lowest BCUT2D eigenvalue weighted by atomic mass is 9.87. The van der Waals surface area contributed by atoms with Crippen LogP contribution in [0.25, 0.3) is 0 Å². The molecule has 0 amide bonds. The van der Waals surface area contributed by atoms with Crippen LogP contribution in [0.4, 0.5) is 5.69 Å². The van der Waals surface area contributed by atoms with Crippen LogP contribution in [0.1, 0.15) is 42.5 Å². The first-order valence-electron chi connectivity index (χ1n) is 6.96. The first-order chi connectivity index (χ1) is 9.16. The molecule has 1 heterocycles. The molecular weight excluding hydrogens is 270 g/mol. The Morgan fingerprint density at radius 1 is 1.35 bits per heavy atom. The van der Waals surface area contributed by atoms with E-state index in [4.69, 9.17) is 22.7 Å². The Labute approximate surface area is 126 Å². The molecule has 0 spiro atoms. The van der Waals surface area contributed by atoms with Crippen LogP contribution < -0.4 is 10.5 Å². The lowest BCUT2D eigenvalue weighted by Gasteiger charge is -2.27. The zero-order valence-electron chi connectivity index (χ0n) is 12.8. The van der Waals surface area contributed by atoms with Crippen LogP contribution in [-0.4, -0.2) is 15.8 Å². The number of fused-ring (bicyclic) bond motifs is 1. The van der Waals surface area contributed by atoms with Crippen LogP contribution in [-0.2, 0) is 6.42 Å². The maximum atomic E-state index is 9.47. The third kappa shape index (κ3) is 2.37. The van der Waals surface area contributed by atoms with Gasteiger partial charge in [0.05, 0.1) is 0 Å². The Balaban J connectivity index is 2.38. The number of thiocarbonyl (C=S) groups is 1. The van der Waals surface area contributed by atoms with Gasteiger partial charge in [0, 0.05) is 23.6 Å². The van der Waals surface area contributed by atoms with Gasteiger partial charge in [-0.2, -0.15) is 0 Å². The average molecular weight is 293 g/mol. The zero-order chi connectivity index (χ0) is 15.2. The lowest BCUT2D eigenvalue weighted by molar-refractivity contribution is 0.0945. The molecule has 2 atom stereocenters. The maximum Gasteiger partial charge on any atom is 0.159 e. The second-order valence-corrected chi connectivity index (χ2v) is 6.69. The SMILES string of the molecule is Cc1c(C)c2c(c(C)c1N)CC(C)(CC(C)C(O)=S)O2. The minimum atomic E-state index is -0.329. The molecule has 0 fully saturated rings. The minimum Gasteiger partial charge on any atom is -0.502 e. The van der Waals surface area contributed by atoms with Gasteiger partial charge in [-0.1, -0.05) is 6.92 Å². The molecule has 1 aliphatic rings. The quantitative estimate of drug-likeness (QED) is 0.657. The number of aliphatic hydroxyl groups is 1. The summed E-state index contributed by atoms with van der Waals surface area (Å²) in [4.78, 5) is 0. The molecule has 2 unspecified atom stereocenters. The van der Waals surface area contributed by atoms with E-state index in [1.165, 1.54) is 5.56 Å². The van der Waals surface area contributed by atoms with Crippen molar-refractivity contribution >= 4 is 23.0 Å². The molecule has 110 valence electrons. The van der Waals surface area contributed by atoms with E-state index < -0.39 is 0 Å². The standard InChI is InChI=1S/C16H23NO2S/c1-8(15(18)20)6-16(5)7-12-11(4)13(17)9(2)10(3)14(12)19-16/h8H,6-7,17H2,1-5H3,(H,18,20). The van der Waals surface area contributed by atoms with E-state index in [1.54, 1.807) is 0 Å². The van der Waals surface area contributed by atoms with Crippen molar-refractivity contribution in [3.63, 3.8) is 0 Å². The van der Waals surface area contributed by atoms with Crippen molar-refractivity contribution < 1.29 is 9.84 Å². The van der Waals surface area contributed by atoms with Gasteiger partial charge in [0.1, 0.15) is 11.4 Å². The smallest absolute Gasteiger partial charge is 0.159 e. The molecule has 3 nitrogen and oxygen atoms in total. The summed E-state index contributed by atoms with van der Waals surface area (Å²) in [5.41, 5.74) is 11.2. The van der Waals surface area contributed by atoms with Crippen molar-refractivity contribution in [1.29, 1.82) is 0 Å². The summed E-state index contributed by atoms with van der Waals surface area (Å²) in [5.74, 6) is 0.913. The maximum absolute atomic E-state index is 9.47. The monoisotopic (exact) mass is 293 g/mol. The first kappa shape index (κ1) is 15.1. The average Bonchev–Trinajstić information content (AvgIpc) is 2.71. The highest BCUT2D eigenvalue weighted by Gasteiger charge is 2.39. The number of nitrogens with two attached hydrogens (primary N) is 1. The van der Waals surface area contributed by atoms with Gasteiger partial charge in [0.2, 0.25) is 0 Å². The van der Waals surface area contributed by atoms with Gasteiger partial charge in [-0.3, -0.25) is 0 Å². The Bertz CT molecular complexity index is 544. The summed E-state index contributed by atoms with van der Waals surface area (Å²) in [7, 11) is 0. The number of hydrogen-bond acceptors (Lipinski definition) is 3. The highest BCUT2D eigenvalue weighted by molar-refractivity contribution is 7.80. The molecule has 1 aliphatic heterocycles. The number of ether oxygens (including phenoxy) is 1. The Hall–Kier alpha value is -1.29. The molecule has 0 saturated heterocycles. The summed E-state index contributed by atoms with van der Waals surface area (Å²) in [6.07, 6.45) is 1.52. The van der Waals surface area contributed by atoms with E-state index in [1.807, 2.05) is 13.8 Å². The number of hydrogen-bond donors (Lipinski definition) is 2. The Morgan fingerprint density at radius 2 is 1.95 bits per heavy atom. The Kier molecular flexibility index (Phi) is 3.71. The summed E-state index contributed by atoms with van der Waals surface area (Å²) >= 11 is 4.86. The third-order valence-corrected chi connectivity index (χ3v) is 4.90. The number of anilines is 1. The lowest BCUT2D eigenvalue weighted by Crippen LogP contribution is -2.34.